The number of hydrogen-bond acceptors (Lipinski definition) is 4. The first-order valence-corrected chi connectivity index (χ1v) is 11.7. The Balaban J connectivity index is 1.35. The first-order chi connectivity index (χ1) is 13.9. The summed E-state index contributed by atoms with van der Waals surface area (Å²) in [7, 11) is -1.66. The summed E-state index contributed by atoms with van der Waals surface area (Å²) < 4.78 is 29.4. The van der Waals surface area contributed by atoms with Crippen LogP contribution in [0.4, 0.5) is 0 Å². The van der Waals surface area contributed by atoms with Gasteiger partial charge in [0.15, 0.2) is 0 Å². The number of carbonyl (C=O) groups is 1. The van der Waals surface area contributed by atoms with Crippen LogP contribution >= 0.6 is 0 Å². The topological polar surface area (TPSA) is 75.5 Å². The average Bonchev–Trinajstić information content (AvgIpc) is 3.17. The molecule has 8 heteroatoms. The summed E-state index contributed by atoms with van der Waals surface area (Å²) in [5.41, 5.74) is 3.48. The summed E-state index contributed by atoms with van der Waals surface area (Å²) in [5, 5.41) is 4.12. The molecule has 0 atom stereocenters. The Hall–Kier alpha value is -2.19. The first-order valence-electron chi connectivity index (χ1n) is 10.3. The second kappa shape index (κ2) is 8.28. The standard InChI is InChI=1S/C21H28N4O3S/c1-23-16-17(15-22-23)6-9-21(26)24-10-12-25(13-11-24)29(27,28)20-8-7-18-4-2-3-5-19(18)14-20/h7-8,14-16H,2-6,9-13H2,1H3. The molecular formula is C21H28N4O3S. The minimum absolute atomic E-state index is 0.0691. The molecule has 1 aliphatic heterocycles. The van der Waals surface area contributed by atoms with Crippen molar-refractivity contribution in [1.82, 2.24) is 19.0 Å². The van der Waals surface area contributed by atoms with Gasteiger partial charge in [0, 0.05) is 45.8 Å². The number of rotatable bonds is 5. The summed E-state index contributed by atoms with van der Waals surface area (Å²) in [4.78, 5) is 14.7. The minimum atomic E-state index is -3.51. The largest absolute Gasteiger partial charge is 0.340 e. The third-order valence-corrected chi connectivity index (χ3v) is 7.83. The van der Waals surface area contributed by atoms with Crippen LogP contribution in [0, 0.1) is 0 Å². The zero-order valence-electron chi connectivity index (χ0n) is 16.9. The summed E-state index contributed by atoms with van der Waals surface area (Å²) in [6.07, 6.45) is 9.05. The molecule has 7 nitrogen and oxygen atoms in total. The number of nitrogens with zero attached hydrogens (tertiary/aromatic N) is 4. The van der Waals surface area contributed by atoms with E-state index < -0.39 is 10.0 Å². The van der Waals surface area contributed by atoms with Crippen LogP contribution in [0.3, 0.4) is 0 Å². The van der Waals surface area contributed by atoms with Gasteiger partial charge in [-0.3, -0.25) is 9.48 Å². The van der Waals surface area contributed by atoms with E-state index in [4.69, 9.17) is 0 Å². The van der Waals surface area contributed by atoms with Gasteiger partial charge in [-0.05, 0) is 60.9 Å². The van der Waals surface area contributed by atoms with E-state index in [1.165, 1.54) is 21.9 Å². The Kier molecular flexibility index (Phi) is 5.74. The smallest absolute Gasteiger partial charge is 0.243 e. The number of carbonyl (C=O) groups excluding carboxylic acids is 1. The lowest BCUT2D eigenvalue weighted by atomic mass is 9.92. The van der Waals surface area contributed by atoms with E-state index in [-0.39, 0.29) is 5.91 Å². The highest BCUT2D eigenvalue weighted by Crippen LogP contribution is 2.26. The van der Waals surface area contributed by atoms with Crippen LogP contribution in [0.2, 0.25) is 0 Å². The van der Waals surface area contributed by atoms with Gasteiger partial charge < -0.3 is 4.90 Å². The minimum Gasteiger partial charge on any atom is -0.340 e. The molecule has 1 aromatic heterocycles. The molecule has 0 N–H and O–H groups in total. The van der Waals surface area contributed by atoms with Crippen LogP contribution in [0.5, 0.6) is 0 Å². The summed E-state index contributed by atoms with van der Waals surface area (Å²) in [6.45, 7) is 1.57. The lowest BCUT2D eigenvalue weighted by Crippen LogP contribution is -2.50. The Bertz CT molecular complexity index is 991. The molecule has 0 spiro atoms. The quantitative estimate of drug-likeness (QED) is 0.744. The molecule has 2 aliphatic rings. The van der Waals surface area contributed by atoms with Crippen LogP contribution in [0.1, 0.15) is 36.0 Å². The van der Waals surface area contributed by atoms with E-state index in [1.807, 2.05) is 25.4 Å². The molecule has 0 bridgehead atoms. The predicted molar refractivity (Wildman–Crippen MR) is 110 cm³/mol. The Labute approximate surface area is 172 Å². The van der Waals surface area contributed by atoms with Gasteiger partial charge in [0.05, 0.1) is 11.1 Å². The number of benzene rings is 1. The maximum Gasteiger partial charge on any atom is 0.243 e. The molecule has 1 fully saturated rings. The molecule has 1 aromatic carbocycles. The highest BCUT2D eigenvalue weighted by Gasteiger charge is 2.30. The van der Waals surface area contributed by atoms with Gasteiger partial charge in [-0.25, -0.2) is 8.42 Å². The lowest BCUT2D eigenvalue weighted by molar-refractivity contribution is -0.132. The Morgan fingerprint density at radius 1 is 1.07 bits per heavy atom. The molecule has 0 unspecified atom stereocenters. The Morgan fingerprint density at radius 3 is 2.48 bits per heavy atom. The predicted octanol–water partition coefficient (Wildman–Crippen LogP) is 1.76. The van der Waals surface area contributed by atoms with Gasteiger partial charge in [0.1, 0.15) is 0 Å². The number of aromatic nitrogens is 2. The van der Waals surface area contributed by atoms with Gasteiger partial charge in [0.2, 0.25) is 15.9 Å². The lowest BCUT2D eigenvalue weighted by Gasteiger charge is -2.34. The fraction of sp³-hybridized carbons (Fsp3) is 0.524. The van der Waals surface area contributed by atoms with E-state index in [2.05, 4.69) is 5.10 Å². The van der Waals surface area contributed by atoms with Gasteiger partial charge in [-0.1, -0.05) is 6.07 Å². The van der Waals surface area contributed by atoms with E-state index in [0.29, 0.717) is 43.9 Å². The third kappa shape index (κ3) is 4.38. The molecule has 29 heavy (non-hydrogen) atoms. The van der Waals surface area contributed by atoms with Crippen molar-refractivity contribution in [2.24, 2.45) is 7.05 Å². The highest BCUT2D eigenvalue weighted by atomic mass is 32.2. The molecule has 1 saturated heterocycles. The van der Waals surface area contributed by atoms with E-state index in [9.17, 15) is 13.2 Å². The van der Waals surface area contributed by atoms with Gasteiger partial charge in [0.25, 0.3) is 0 Å². The zero-order valence-corrected chi connectivity index (χ0v) is 17.7. The van der Waals surface area contributed by atoms with E-state index in [1.54, 1.807) is 21.8 Å². The number of amides is 1. The SMILES string of the molecule is Cn1cc(CCC(=O)N2CCN(S(=O)(=O)c3ccc4c(c3)CCCC4)CC2)cn1. The fourth-order valence-electron chi connectivity index (χ4n) is 4.21. The van der Waals surface area contributed by atoms with Crippen LogP contribution in [-0.2, 0) is 41.1 Å². The van der Waals surface area contributed by atoms with Gasteiger partial charge in [-0.2, -0.15) is 9.40 Å². The zero-order chi connectivity index (χ0) is 20.4. The van der Waals surface area contributed by atoms with Crippen molar-refractivity contribution in [3.8, 4) is 0 Å². The molecule has 2 heterocycles. The number of piperazine rings is 1. The number of hydrogen-bond donors (Lipinski definition) is 0. The summed E-state index contributed by atoms with van der Waals surface area (Å²) in [5.74, 6) is 0.0691. The molecule has 2 aromatic rings. The van der Waals surface area contributed by atoms with Crippen molar-refractivity contribution < 1.29 is 13.2 Å². The monoisotopic (exact) mass is 416 g/mol. The highest BCUT2D eigenvalue weighted by molar-refractivity contribution is 7.89. The second-order valence-corrected chi connectivity index (χ2v) is 9.88. The molecule has 1 aliphatic carbocycles. The maximum atomic E-state index is 13.1. The van der Waals surface area contributed by atoms with Crippen LogP contribution in [-0.4, -0.2) is 59.5 Å². The van der Waals surface area contributed by atoms with Crippen molar-refractivity contribution in [3.05, 3.63) is 47.3 Å². The van der Waals surface area contributed by atoms with Crippen molar-refractivity contribution >= 4 is 15.9 Å². The second-order valence-electron chi connectivity index (χ2n) is 7.94. The van der Waals surface area contributed by atoms with Crippen molar-refractivity contribution in [2.75, 3.05) is 26.2 Å². The third-order valence-electron chi connectivity index (χ3n) is 5.93. The molecule has 0 saturated carbocycles. The maximum absolute atomic E-state index is 13.1. The average molecular weight is 417 g/mol. The van der Waals surface area contributed by atoms with Crippen molar-refractivity contribution in [3.63, 3.8) is 0 Å². The van der Waals surface area contributed by atoms with Crippen molar-refractivity contribution in [1.29, 1.82) is 0 Å². The van der Waals surface area contributed by atoms with Gasteiger partial charge in [-0.15, -0.1) is 0 Å². The van der Waals surface area contributed by atoms with Crippen LogP contribution in [0.15, 0.2) is 35.5 Å². The van der Waals surface area contributed by atoms with Gasteiger partial charge >= 0.3 is 0 Å². The Morgan fingerprint density at radius 2 is 1.79 bits per heavy atom. The number of sulfonamides is 1. The van der Waals surface area contributed by atoms with E-state index >= 15 is 0 Å². The van der Waals surface area contributed by atoms with Crippen LogP contribution in [0.25, 0.3) is 0 Å². The summed E-state index contributed by atoms with van der Waals surface area (Å²) >= 11 is 0. The number of aryl methyl sites for hydroxylation is 4. The molecular weight excluding hydrogens is 388 g/mol. The van der Waals surface area contributed by atoms with Crippen molar-refractivity contribution in [2.45, 2.75) is 43.4 Å². The molecule has 0 radical (unpaired) electrons. The van der Waals surface area contributed by atoms with E-state index in [0.717, 1.165) is 24.8 Å². The molecule has 156 valence electrons. The molecule has 1 amide bonds. The fourth-order valence-corrected chi connectivity index (χ4v) is 5.68. The summed E-state index contributed by atoms with van der Waals surface area (Å²) in [6, 6.07) is 5.57. The number of fused-ring (bicyclic) bond motifs is 1. The first kappa shape index (κ1) is 20.1. The van der Waals surface area contributed by atoms with Crippen LogP contribution < -0.4 is 0 Å². The normalized spacial score (nSPS) is 17.9. The molecule has 4 rings (SSSR count).